The molecule has 2 aliphatic rings. The van der Waals surface area contributed by atoms with E-state index >= 15 is 0 Å². The van der Waals surface area contributed by atoms with Crippen LogP contribution in [0.1, 0.15) is 30.7 Å². The monoisotopic (exact) mass is 491 g/mol. The maximum absolute atomic E-state index is 12.8. The Morgan fingerprint density at radius 2 is 2.07 bits per heavy atom. The summed E-state index contributed by atoms with van der Waals surface area (Å²) in [5, 5.41) is 12.9. The third-order valence-electron chi connectivity index (χ3n) is 5.24. The lowest BCUT2D eigenvalue weighted by Crippen LogP contribution is -2.44. The molecule has 0 radical (unpaired) electrons. The van der Waals surface area contributed by atoms with Crippen molar-refractivity contribution in [2.45, 2.75) is 25.2 Å². The summed E-state index contributed by atoms with van der Waals surface area (Å²) < 4.78 is 5.60. The lowest BCUT2D eigenvalue weighted by atomic mass is 9.78. The predicted molar refractivity (Wildman–Crippen MR) is 116 cm³/mol. The molecule has 0 bridgehead atoms. The molecule has 2 aliphatic heterocycles. The van der Waals surface area contributed by atoms with E-state index in [1.807, 2.05) is 11.0 Å². The quantitative estimate of drug-likeness (QED) is 0.501. The number of likely N-dealkylation sites (tertiary alicyclic amines) is 1. The van der Waals surface area contributed by atoms with Gasteiger partial charge >= 0.3 is 5.97 Å². The molecular weight excluding hydrogens is 470 g/mol. The number of amides is 2. The third kappa shape index (κ3) is 4.87. The average molecular weight is 492 g/mol. The van der Waals surface area contributed by atoms with E-state index in [1.54, 1.807) is 18.2 Å². The number of rotatable bonds is 5. The molecular formula is C21H22BrN3O4S. The molecule has 30 heavy (non-hydrogen) atoms. The van der Waals surface area contributed by atoms with Crippen molar-refractivity contribution in [2.75, 3.05) is 26.0 Å². The van der Waals surface area contributed by atoms with Gasteiger partial charge in [-0.2, -0.15) is 5.26 Å². The van der Waals surface area contributed by atoms with E-state index in [4.69, 9.17) is 4.74 Å². The second kappa shape index (κ2) is 10.1. The lowest BCUT2D eigenvalue weighted by molar-refractivity contribution is -0.150. The normalized spacial score (nSPS) is 21.6. The van der Waals surface area contributed by atoms with Gasteiger partial charge in [-0.15, -0.1) is 0 Å². The minimum Gasteiger partial charge on any atom is -0.468 e. The first kappa shape index (κ1) is 22.4. The highest BCUT2D eigenvalue weighted by molar-refractivity contribution is 9.10. The van der Waals surface area contributed by atoms with E-state index in [2.05, 4.69) is 27.3 Å². The maximum atomic E-state index is 12.8. The molecule has 7 nitrogen and oxygen atoms in total. The highest BCUT2D eigenvalue weighted by Gasteiger charge is 2.44. The van der Waals surface area contributed by atoms with Gasteiger partial charge in [0.05, 0.1) is 29.5 Å². The zero-order valence-corrected chi connectivity index (χ0v) is 18.9. The first-order chi connectivity index (χ1) is 14.5. The van der Waals surface area contributed by atoms with Crippen molar-refractivity contribution in [3.63, 3.8) is 0 Å². The van der Waals surface area contributed by atoms with Crippen LogP contribution >= 0.6 is 27.7 Å². The van der Waals surface area contributed by atoms with Gasteiger partial charge in [0.2, 0.25) is 11.8 Å². The Labute approximate surface area is 187 Å². The molecule has 0 unspecified atom stereocenters. The molecule has 158 valence electrons. The van der Waals surface area contributed by atoms with Crippen molar-refractivity contribution in [3.05, 3.63) is 44.9 Å². The molecule has 2 atom stereocenters. The number of thioether (sulfide) groups is 1. The number of piperidine rings is 1. The largest absolute Gasteiger partial charge is 0.468 e. The zero-order valence-electron chi connectivity index (χ0n) is 16.5. The summed E-state index contributed by atoms with van der Waals surface area (Å²) in [5.41, 5.74) is 0.895. The molecule has 1 aromatic carbocycles. The van der Waals surface area contributed by atoms with E-state index in [1.165, 1.54) is 7.11 Å². The number of ether oxygens (including phenoxy) is 1. The van der Waals surface area contributed by atoms with E-state index < -0.39 is 23.7 Å². The van der Waals surface area contributed by atoms with Crippen LogP contribution in [-0.4, -0.2) is 48.6 Å². The van der Waals surface area contributed by atoms with Crippen LogP contribution in [0.5, 0.6) is 0 Å². The van der Waals surface area contributed by atoms with Crippen molar-refractivity contribution in [1.29, 1.82) is 5.26 Å². The molecule has 3 rings (SSSR count). The SMILES string of the molecule is COC(=O)[C@H]1C(=O)NC(SCC(=O)N2CCCCC2)=C(C#N)[C@@H]1c1cccc(Br)c1. The van der Waals surface area contributed by atoms with Gasteiger partial charge in [0.25, 0.3) is 0 Å². The number of nitrogens with zero attached hydrogens (tertiary/aromatic N) is 2. The molecule has 0 saturated carbocycles. The zero-order chi connectivity index (χ0) is 21.7. The van der Waals surface area contributed by atoms with E-state index in [-0.39, 0.29) is 17.2 Å². The highest BCUT2D eigenvalue weighted by Crippen LogP contribution is 2.40. The minimum absolute atomic E-state index is 0.0205. The summed E-state index contributed by atoms with van der Waals surface area (Å²) >= 11 is 4.53. The van der Waals surface area contributed by atoms with Crippen molar-refractivity contribution in [1.82, 2.24) is 10.2 Å². The molecule has 0 aliphatic carbocycles. The van der Waals surface area contributed by atoms with Gasteiger partial charge in [-0.1, -0.05) is 39.8 Å². The average Bonchev–Trinajstić information content (AvgIpc) is 2.76. The fraction of sp³-hybridized carbons (Fsp3) is 0.429. The number of allylic oxidation sites excluding steroid dienone is 1. The summed E-state index contributed by atoms with van der Waals surface area (Å²) in [6, 6.07) is 9.29. The Morgan fingerprint density at radius 1 is 1.33 bits per heavy atom. The number of nitriles is 1. The fourth-order valence-electron chi connectivity index (χ4n) is 3.75. The first-order valence-corrected chi connectivity index (χ1v) is 11.4. The first-order valence-electron chi connectivity index (χ1n) is 9.65. The molecule has 2 amide bonds. The number of esters is 1. The Balaban J connectivity index is 1.92. The van der Waals surface area contributed by atoms with Gasteiger partial charge in [0, 0.05) is 23.5 Å². The van der Waals surface area contributed by atoms with Crippen LogP contribution < -0.4 is 5.32 Å². The van der Waals surface area contributed by atoms with E-state index in [0.29, 0.717) is 10.6 Å². The fourth-order valence-corrected chi connectivity index (χ4v) is 5.12. The van der Waals surface area contributed by atoms with Crippen LogP contribution in [0.2, 0.25) is 0 Å². The van der Waals surface area contributed by atoms with Crippen molar-refractivity contribution >= 4 is 45.5 Å². The standard InChI is InChI=1S/C21H22BrN3O4S/c1-29-21(28)18-17(13-6-5-7-14(22)10-13)15(11-23)20(24-19(18)27)30-12-16(26)25-8-3-2-4-9-25/h5-7,10,17-18H,2-4,8-9,12H2,1H3,(H,24,27)/t17-,18+/m0/s1. The van der Waals surface area contributed by atoms with Crippen molar-refractivity contribution in [3.8, 4) is 6.07 Å². The molecule has 1 N–H and O–H groups in total. The number of benzene rings is 1. The molecule has 0 aromatic heterocycles. The number of nitrogens with one attached hydrogen (secondary N) is 1. The summed E-state index contributed by atoms with van der Waals surface area (Å²) in [4.78, 5) is 39.6. The molecule has 1 saturated heterocycles. The van der Waals surface area contributed by atoms with Crippen LogP contribution in [0.3, 0.4) is 0 Å². The second-order valence-electron chi connectivity index (χ2n) is 7.11. The van der Waals surface area contributed by atoms with Crippen molar-refractivity contribution < 1.29 is 19.1 Å². The van der Waals surface area contributed by atoms with Gasteiger partial charge in [-0.3, -0.25) is 14.4 Å². The number of halogens is 1. The Kier molecular flexibility index (Phi) is 7.56. The second-order valence-corrected chi connectivity index (χ2v) is 9.01. The maximum Gasteiger partial charge on any atom is 0.319 e. The number of hydrogen-bond donors (Lipinski definition) is 1. The summed E-state index contributed by atoms with van der Waals surface area (Å²) in [6.07, 6.45) is 3.11. The third-order valence-corrected chi connectivity index (χ3v) is 6.74. The molecule has 1 aromatic rings. The lowest BCUT2D eigenvalue weighted by Gasteiger charge is -2.31. The number of carbonyl (C=O) groups is 3. The van der Waals surface area contributed by atoms with Gasteiger partial charge < -0.3 is 15.0 Å². The Hall–Kier alpha value is -2.31. The molecule has 1 fully saturated rings. The van der Waals surface area contributed by atoms with Gasteiger partial charge in [-0.25, -0.2) is 0 Å². The van der Waals surface area contributed by atoms with Gasteiger partial charge in [0.15, 0.2) is 0 Å². The van der Waals surface area contributed by atoms with Crippen LogP contribution in [-0.2, 0) is 19.1 Å². The van der Waals surface area contributed by atoms with Crippen LogP contribution in [0.15, 0.2) is 39.3 Å². The molecule has 0 spiro atoms. The van der Waals surface area contributed by atoms with Crippen LogP contribution in [0.4, 0.5) is 0 Å². The van der Waals surface area contributed by atoms with E-state index in [9.17, 15) is 19.6 Å². The van der Waals surface area contributed by atoms with Crippen LogP contribution in [0, 0.1) is 17.2 Å². The Morgan fingerprint density at radius 3 is 2.70 bits per heavy atom. The number of hydrogen-bond acceptors (Lipinski definition) is 6. The number of carbonyl (C=O) groups excluding carboxylic acids is 3. The summed E-state index contributed by atoms with van der Waals surface area (Å²) in [7, 11) is 1.21. The number of methoxy groups -OCH3 is 1. The van der Waals surface area contributed by atoms with Crippen LogP contribution in [0.25, 0.3) is 0 Å². The predicted octanol–water partition coefficient (Wildman–Crippen LogP) is 2.93. The smallest absolute Gasteiger partial charge is 0.319 e. The Bertz CT molecular complexity index is 921. The van der Waals surface area contributed by atoms with Gasteiger partial charge in [-0.05, 0) is 37.0 Å². The minimum atomic E-state index is -1.18. The molecule has 2 heterocycles. The summed E-state index contributed by atoms with van der Waals surface area (Å²) in [6.45, 7) is 1.47. The topological polar surface area (TPSA) is 99.5 Å². The molecule has 9 heteroatoms. The van der Waals surface area contributed by atoms with E-state index in [0.717, 1.165) is 48.6 Å². The highest BCUT2D eigenvalue weighted by atomic mass is 79.9. The van der Waals surface area contributed by atoms with Crippen molar-refractivity contribution in [2.24, 2.45) is 5.92 Å². The van der Waals surface area contributed by atoms with Gasteiger partial charge in [0.1, 0.15) is 5.92 Å². The summed E-state index contributed by atoms with van der Waals surface area (Å²) in [5.74, 6) is -3.12.